The largest absolute Gasteiger partial charge is 0.466 e. The van der Waals surface area contributed by atoms with E-state index in [2.05, 4.69) is 10.3 Å². The second-order valence-corrected chi connectivity index (χ2v) is 6.53. The SMILES string of the molecule is Cc1ccc(CC[C@@H](C)NC(=O)N2CCC[C@@H]2c2ccncc2)o1. The molecule has 1 aliphatic heterocycles. The fourth-order valence-corrected chi connectivity index (χ4v) is 3.29. The van der Waals surface area contributed by atoms with Gasteiger partial charge in [0.25, 0.3) is 0 Å². The minimum Gasteiger partial charge on any atom is -0.466 e. The van der Waals surface area contributed by atoms with Gasteiger partial charge >= 0.3 is 6.03 Å². The number of furan rings is 1. The van der Waals surface area contributed by atoms with E-state index in [1.165, 1.54) is 0 Å². The van der Waals surface area contributed by atoms with Crippen LogP contribution >= 0.6 is 0 Å². The molecule has 5 nitrogen and oxygen atoms in total. The smallest absolute Gasteiger partial charge is 0.318 e. The Morgan fingerprint density at radius 1 is 1.38 bits per heavy atom. The van der Waals surface area contributed by atoms with E-state index in [4.69, 9.17) is 4.42 Å². The van der Waals surface area contributed by atoms with E-state index in [-0.39, 0.29) is 18.1 Å². The number of urea groups is 1. The lowest BCUT2D eigenvalue weighted by molar-refractivity contribution is 0.189. The number of carbonyl (C=O) groups is 1. The normalized spacial score (nSPS) is 18.6. The van der Waals surface area contributed by atoms with Gasteiger partial charge < -0.3 is 14.6 Å². The highest BCUT2D eigenvalue weighted by Gasteiger charge is 2.30. The number of pyridine rings is 1. The first-order valence-electron chi connectivity index (χ1n) is 8.66. The van der Waals surface area contributed by atoms with E-state index < -0.39 is 0 Å². The van der Waals surface area contributed by atoms with Gasteiger partial charge in [0.2, 0.25) is 0 Å². The van der Waals surface area contributed by atoms with Gasteiger partial charge in [-0.2, -0.15) is 0 Å². The molecule has 1 saturated heterocycles. The highest BCUT2D eigenvalue weighted by atomic mass is 16.3. The van der Waals surface area contributed by atoms with E-state index in [1.54, 1.807) is 12.4 Å². The minimum atomic E-state index is 0.0254. The van der Waals surface area contributed by atoms with Gasteiger partial charge in [-0.3, -0.25) is 4.98 Å². The van der Waals surface area contributed by atoms with Crippen molar-refractivity contribution >= 4 is 6.03 Å². The van der Waals surface area contributed by atoms with Crippen molar-refractivity contribution in [3.8, 4) is 0 Å². The number of aryl methyl sites for hydroxylation is 2. The van der Waals surface area contributed by atoms with E-state index >= 15 is 0 Å². The minimum absolute atomic E-state index is 0.0254. The van der Waals surface area contributed by atoms with Gasteiger partial charge in [-0.15, -0.1) is 0 Å². The van der Waals surface area contributed by atoms with Gasteiger partial charge in [-0.1, -0.05) is 0 Å². The molecule has 128 valence electrons. The second-order valence-electron chi connectivity index (χ2n) is 6.53. The summed E-state index contributed by atoms with van der Waals surface area (Å²) in [5.74, 6) is 1.91. The molecule has 2 amide bonds. The molecule has 2 aromatic rings. The van der Waals surface area contributed by atoms with Gasteiger partial charge in [0.15, 0.2) is 0 Å². The highest BCUT2D eigenvalue weighted by molar-refractivity contribution is 5.75. The Labute approximate surface area is 143 Å². The van der Waals surface area contributed by atoms with Gasteiger partial charge in [0, 0.05) is 31.4 Å². The number of hydrogen-bond donors (Lipinski definition) is 1. The van der Waals surface area contributed by atoms with Crippen LogP contribution < -0.4 is 5.32 Å². The zero-order valence-corrected chi connectivity index (χ0v) is 14.4. The van der Waals surface area contributed by atoms with Crippen LogP contribution in [0.25, 0.3) is 0 Å². The molecule has 0 bridgehead atoms. The molecule has 1 N–H and O–H groups in total. The lowest BCUT2D eigenvalue weighted by Gasteiger charge is -2.27. The molecule has 24 heavy (non-hydrogen) atoms. The molecule has 0 spiro atoms. The molecule has 0 aliphatic carbocycles. The van der Waals surface area contributed by atoms with E-state index in [1.807, 2.05) is 43.0 Å². The molecule has 2 aromatic heterocycles. The molecule has 1 fully saturated rings. The molecule has 0 radical (unpaired) electrons. The molecule has 3 rings (SSSR count). The highest BCUT2D eigenvalue weighted by Crippen LogP contribution is 2.31. The lowest BCUT2D eigenvalue weighted by Crippen LogP contribution is -2.43. The van der Waals surface area contributed by atoms with Gasteiger partial charge in [0.1, 0.15) is 11.5 Å². The maximum absolute atomic E-state index is 12.6. The predicted octanol–water partition coefficient (Wildman–Crippen LogP) is 3.85. The van der Waals surface area contributed by atoms with Crippen molar-refractivity contribution < 1.29 is 9.21 Å². The molecule has 1 aliphatic rings. The first kappa shape index (κ1) is 16.6. The van der Waals surface area contributed by atoms with Gasteiger partial charge in [-0.25, -0.2) is 4.79 Å². The van der Waals surface area contributed by atoms with E-state index in [0.29, 0.717) is 0 Å². The monoisotopic (exact) mass is 327 g/mol. The number of likely N-dealkylation sites (tertiary alicyclic amines) is 1. The molecule has 0 aromatic carbocycles. The Morgan fingerprint density at radius 2 is 2.17 bits per heavy atom. The number of aromatic nitrogens is 1. The van der Waals surface area contributed by atoms with Crippen molar-refractivity contribution in [2.75, 3.05) is 6.54 Å². The third-order valence-corrected chi connectivity index (χ3v) is 4.59. The summed E-state index contributed by atoms with van der Waals surface area (Å²) < 4.78 is 5.58. The summed E-state index contributed by atoms with van der Waals surface area (Å²) in [6.07, 6.45) is 7.34. The summed E-state index contributed by atoms with van der Waals surface area (Å²) in [6.45, 7) is 4.80. The summed E-state index contributed by atoms with van der Waals surface area (Å²) in [5.41, 5.74) is 1.16. The number of nitrogens with one attached hydrogen (secondary N) is 1. The third-order valence-electron chi connectivity index (χ3n) is 4.59. The van der Waals surface area contributed by atoms with Gasteiger partial charge in [-0.05, 0) is 62.9 Å². The summed E-state index contributed by atoms with van der Waals surface area (Å²) in [4.78, 5) is 18.6. The Morgan fingerprint density at radius 3 is 2.88 bits per heavy atom. The fraction of sp³-hybridized carbons (Fsp3) is 0.474. The van der Waals surface area contributed by atoms with Crippen LogP contribution in [-0.2, 0) is 6.42 Å². The standard InChI is InChI=1S/C19H25N3O2/c1-14(5-7-17-8-6-15(2)24-17)21-19(23)22-13-3-4-18(22)16-9-11-20-12-10-16/h6,8-12,14,18H,3-5,7,13H2,1-2H3,(H,21,23)/t14-,18-/m1/s1. The second kappa shape index (κ2) is 7.51. The number of hydrogen-bond acceptors (Lipinski definition) is 3. The van der Waals surface area contributed by atoms with Crippen LogP contribution in [0.3, 0.4) is 0 Å². The van der Waals surface area contributed by atoms with E-state index in [0.717, 1.165) is 49.3 Å². The lowest BCUT2D eigenvalue weighted by atomic mass is 10.1. The van der Waals surface area contributed by atoms with Crippen molar-refractivity contribution in [3.05, 3.63) is 53.7 Å². The third kappa shape index (κ3) is 3.96. The first-order valence-corrected chi connectivity index (χ1v) is 8.66. The quantitative estimate of drug-likeness (QED) is 0.907. The zero-order chi connectivity index (χ0) is 16.9. The summed E-state index contributed by atoms with van der Waals surface area (Å²) in [6, 6.07) is 8.27. The molecule has 3 heterocycles. The maximum Gasteiger partial charge on any atom is 0.318 e. The van der Waals surface area contributed by atoms with Crippen molar-refractivity contribution in [1.29, 1.82) is 0 Å². The maximum atomic E-state index is 12.6. The summed E-state index contributed by atoms with van der Waals surface area (Å²) in [7, 11) is 0. The molecule has 0 unspecified atom stereocenters. The first-order chi connectivity index (χ1) is 11.6. The summed E-state index contributed by atoms with van der Waals surface area (Å²) >= 11 is 0. The van der Waals surface area contributed by atoms with Crippen molar-refractivity contribution in [1.82, 2.24) is 15.2 Å². The molecule has 5 heteroatoms. The van der Waals surface area contributed by atoms with Crippen molar-refractivity contribution in [2.24, 2.45) is 0 Å². The average molecular weight is 327 g/mol. The van der Waals surface area contributed by atoms with Crippen LogP contribution in [0.4, 0.5) is 4.79 Å². The van der Waals surface area contributed by atoms with Crippen molar-refractivity contribution in [3.63, 3.8) is 0 Å². The fourth-order valence-electron chi connectivity index (χ4n) is 3.29. The van der Waals surface area contributed by atoms with Crippen LogP contribution in [0.15, 0.2) is 41.1 Å². The molecular formula is C19H25N3O2. The van der Waals surface area contributed by atoms with E-state index in [9.17, 15) is 4.79 Å². The number of nitrogens with zero attached hydrogens (tertiary/aromatic N) is 2. The molecule has 2 atom stereocenters. The predicted molar refractivity (Wildman–Crippen MR) is 92.7 cm³/mol. The van der Waals surface area contributed by atoms with Crippen LogP contribution in [0.5, 0.6) is 0 Å². The Kier molecular flexibility index (Phi) is 5.18. The Bertz CT molecular complexity index is 668. The zero-order valence-electron chi connectivity index (χ0n) is 14.4. The molecule has 0 saturated carbocycles. The number of carbonyl (C=O) groups excluding carboxylic acids is 1. The summed E-state index contributed by atoms with van der Waals surface area (Å²) in [5, 5.41) is 3.13. The Balaban J connectivity index is 1.53. The van der Waals surface area contributed by atoms with Gasteiger partial charge in [0.05, 0.1) is 6.04 Å². The number of rotatable bonds is 5. The van der Waals surface area contributed by atoms with Crippen LogP contribution in [0.1, 0.15) is 49.3 Å². The molecular weight excluding hydrogens is 302 g/mol. The van der Waals surface area contributed by atoms with Crippen LogP contribution in [0, 0.1) is 6.92 Å². The number of amides is 2. The van der Waals surface area contributed by atoms with Crippen molar-refractivity contribution in [2.45, 2.75) is 51.6 Å². The topological polar surface area (TPSA) is 58.4 Å². The van der Waals surface area contributed by atoms with Crippen LogP contribution in [0.2, 0.25) is 0 Å². The van der Waals surface area contributed by atoms with Crippen LogP contribution in [-0.4, -0.2) is 28.5 Å². The Hall–Kier alpha value is -2.30. The average Bonchev–Trinajstić information content (AvgIpc) is 3.22.